The largest absolute Gasteiger partial charge is 0.333 e. The van der Waals surface area contributed by atoms with Crippen molar-refractivity contribution in [1.29, 1.82) is 0 Å². The predicted molar refractivity (Wildman–Crippen MR) is 79.7 cm³/mol. The zero-order chi connectivity index (χ0) is 14.8. The molecule has 0 atom stereocenters. The molecule has 1 aliphatic heterocycles. The maximum Gasteiger partial charge on any atom is 0.333 e. The average Bonchev–Trinajstić information content (AvgIpc) is 2.76. The molecule has 21 heavy (non-hydrogen) atoms. The molecule has 104 valence electrons. The van der Waals surface area contributed by atoms with E-state index in [4.69, 9.17) is 11.6 Å². The number of amides is 3. The van der Waals surface area contributed by atoms with E-state index in [9.17, 15) is 9.59 Å². The zero-order valence-corrected chi connectivity index (χ0v) is 11.5. The maximum absolute atomic E-state index is 12.3. The first-order chi connectivity index (χ1) is 10.1. The molecule has 0 radical (unpaired) electrons. The van der Waals surface area contributed by atoms with Gasteiger partial charge in [0.05, 0.1) is 5.69 Å². The molecule has 2 aromatic rings. The first kappa shape index (κ1) is 13.3. The summed E-state index contributed by atoms with van der Waals surface area (Å²) in [5.41, 5.74) is 1.48. The topological polar surface area (TPSA) is 62.3 Å². The highest BCUT2D eigenvalue weighted by Crippen LogP contribution is 2.23. The van der Waals surface area contributed by atoms with Gasteiger partial charge in [-0.2, -0.15) is 0 Å². The second-order valence-electron chi connectivity index (χ2n) is 4.39. The smallest absolute Gasteiger partial charge is 0.302 e. The summed E-state index contributed by atoms with van der Waals surface area (Å²) in [4.78, 5) is 29.3. The molecule has 3 rings (SSSR count). The quantitative estimate of drug-likeness (QED) is 0.685. The molecule has 0 bridgehead atoms. The van der Waals surface area contributed by atoms with Crippen LogP contribution in [0.5, 0.6) is 0 Å². The lowest BCUT2D eigenvalue weighted by molar-refractivity contribution is -0.113. The van der Waals surface area contributed by atoms with Gasteiger partial charge in [-0.3, -0.25) is 9.78 Å². The van der Waals surface area contributed by atoms with Crippen molar-refractivity contribution >= 4 is 35.3 Å². The van der Waals surface area contributed by atoms with Crippen molar-refractivity contribution in [3.63, 3.8) is 0 Å². The van der Waals surface area contributed by atoms with Crippen LogP contribution in [0.15, 0.2) is 54.5 Å². The van der Waals surface area contributed by atoms with Crippen molar-refractivity contribution in [1.82, 2.24) is 10.3 Å². The lowest BCUT2D eigenvalue weighted by Gasteiger charge is -2.11. The fourth-order valence-electron chi connectivity index (χ4n) is 1.99. The molecular formula is C15H10ClN3O2. The molecular weight excluding hydrogens is 290 g/mol. The minimum Gasteiger partial charge on any atom is -0.302 e. The lowest BCUT2D eigenvalue weighted by Crippen LogP contribution is -2.30. The summed E-state index contributed by atoms with van der Waals surface area (Å²) in [6.45, 7) is 0. The number of benzene rings is 1. The van der Waals surface area contributed by atoms with Gasteiger partial charge in [0.2, 0.25) is 0 Å². The first-order valence-corrected chi connectivity index (χ1v) is 6.56. The monoisotopic (exact) mass is 299 g/mol. The van der Waals surface area contributed by atoms with Crippen molar-refractivity contribution in [2.24, 2.45) is 0 Å². The van der Waals surface area contributed by atoms with Crippen molar-refractivity contribution in [3.05, 3.63) is 65.1 Å². The van der Waals surface area contributed by atoms with Gasteiger partial charge in [-0.1, -0.05) is 11.6 Å². The standard InChI is InChI=1S/C15H10ClN3O2/c16-11-1-3-12(4-2-11)19-14(20)13(18-15(19)21)9-10-5-7-17-8-6-10/h1-9H,(H,18,21)/b13-9-. The predicted octanol–water partition coefficient (Wildman–Crippen LogP) is 2.83. The fourth-order valence-corrected chi connectivity index (χ4v) is 2.11. The Kier molecular flexibility index (Phi) is 3.41. The van der Waals surface area contributed by atoms with Gasteiger partial charge < -0.3 is 5.32 Å². The summed E-state index contributed by atoms with van der Waals surface area (Å²) in [7, 11) is 0. The third kappa shape index (κ3) is 2.64. The number of halogens is 1. The van der Waals surface area contributed by atoms with Gasteiger partial charge in [0.15, 0.2) is 0 Å². The summed E-state index contributed by atoms with van der Waals surface area (Å²) in [6, 6.07) is 9.51. The number of carbonyl (C=O) groups is 2. The maximum atomic E-state index is 12.3. The number of hydrogen-bond donors (Lipinski definition) is 1. The molecule has 2 heterocycles. The Labute approximate surface area is 125 Å². The van der Waals surface area contributed by atoms with Crippen LogP contribution >= 0.6 is 11.6 Å². The van der Waals surface area contributed by atoms with Crippen molar-refractivity contribution in [2.75, 3.05) is 4.90 Å². The normalized spacial score (nSPS) is 16.4. The van der Waals surface area contributed by atoms with E-state index < -0.39 is 11.9 Å². The number of imide groups is 1. The van der Waals surface area contributed by atoms with E-state index >= 15 is 0 Å². The number of nitrogens with one attached hydrogen (secondary N) is 1. The molecule has 0 spiro atoms. The van der Waals surface area contributed by atoms with Gasteiger partial charge in [0.25, 0.3) is 5.91 Å². The number of aromatic nitrogens is 1. The summed E-state index contributed by atoms with van der Waals surface area (Å²) in [6.07, 6.45) is 4.84. The van der Waals surface area contributed by atoms with Crippen LogP contribution in [0, 0.1) is 0 Å². The van der Waals surface area contributed by atoms with Crippen LogP contribution in [0.2, 0.25) is 5.02 Å². The van der Waals surface area contributed by atoms with Crippen molar-refractivity contribution in [3.8, 4) is 0 Å². The minimum atomic E-state index is -0.484. The minimum absolute atomic E-state index is 0.223. The highest BCUT2D eigenvalue weighted by molar-refractivity contribution is 6.31. The van der Waals surface area contributed by atoms with E-state index in [0.717, 1.165) is 10.5 Å². The van der Waals surface area contributed by atoms with Gasteiger partial charge in [-0.15, -0.1) is 0 Å². The molecule has 1 N–H and O–H groups in total. The van der Waals surface area contributed by atoms with Gasteiger partial charge >= 0.3 is 6.03 Å². The van der Waals surface area contributed by atoms with E-state index in [1.54, 1.807) is 54.9 Å². The van der Waals surface area contributed by atoms with E-state index in [-0.39, 0.29) is 5.70 Å². The summed E-state index contributed by atoms with van der Waals surface area (Å²) in [5, 5.41) is 3.10. The van der Waals surface area contributed by atoms with Crippen molar-refractivity contribution in [2.45, 2.75) is 0 Å². The number of carbonyl (C=O) groups excluding carboxylic acids is 2. The molecule has 3 amide bonds. The van der Waals surface area contributed by atoms with Crippen molar-refractivity contribution < 1.29 is 9.59 Å². The van der Waals surface area contributed by atoms with E-state index in [1.807, 2.05) is 0 Å². The Morgan fingerprint density at radius 3 is 2.38 bits per heavy atom. The molecule has 1 fully saturated rings. The second kappa shape index (κ2) is 5.38. The summed E-state index contributed by atoms with van der Waals surface area (Å²) in [5.74, 6) is -0.404. The van der Waals surface area contributed by atoms with Gasteiger partial charge in [0.1, 0.15) is 5.70 Å². The summed E-state index contributed by atoms with van der Waals surface area (Å²) >= 11 is 5.81. The Morgan fingerprint density at radius 2 is 1.71 bits per heavy atom. The van der Waals surface area contributed by atoms with Gasteiger partial charge in [-0.05, 0) is 48.0 Å². The number of pyridine rings is 1. The number of nitrogens with zero attached hydrogens (tertiary/aromatic N) is 2. The number of rotatable bonds is 2. The van der Waals surface area contributed by atoms with E-state index in [1.165, 1.54) is 0 Å². The van der Waals surface area contributed by atoms with Crippen LogP contribution in [0.3, 0.4) is 0 Å². The van der Waals surface area contributed by atoms with Gasteiger partial charge in [-0.25, -0.2) is 9.69 Å². The van der Waals surface area contributed by atoms with Gasteiger partial charge in [0, 0.05) is 17.4 Å². The molecule has 0 aliphatic carbocycles. The number of urea groups is 1. The third-order valence-corrected chi connectivity index (χ3v) is 3.23. The molecule has 1 aromatic heterocycles. The van der Waals surface area contributed by atoms with Crippen LogP contribution < -0.4 is 10.2 Å². The molecule has 0 unspecified atom stereocenters. The van der Waals surface area contributed by atoms with Crippen LogP contribution in [0.1, 0.15) is 5.56 Å². The second-order valence-corrected chi connectivity index (χ2v) is 4.82. The number of anilines is 1. The molecule has 6 heteroatoms. The Bertz CT molecular complexity index is 726. The SMILES string of the molecule is O=C1N/C(=C\c2ccncc2)C(=O)N1c1ccc(Cl)cc1. The Balaban J connectivity index is 1.92. The highest BCUT2D eigenvalue weighted by Gasteiger charge is 2.34. The molecule has 1 aliphatic rings. The van der Waals surface area contributed by atoms with E-state index in [0.29, 0.717) is 10.7 Å². The zero-order valence-electron chi connectivity index (χ0n) is 10.8. The first-order valence-electron chi connectivity index (χ1n) is 6.18. The molecule has 1 aromatic carbocycles. The molecule has 0 saturated carbocycles. The fraction of sp³-hybridized carbons (Fsp3) is 0. The average molecular weight is 300 g/mol. The van der Waals surface area contributed by atoms with Crippen LogP contribution in [-0.4, -0.2) is 16.9 Å². The Hall–Kier alpha value is -2.66. The van der Waals surface area contributed by atoms with Crippen LogP contribution in [0.25, 0.3) is 6.08 Å². The van der Waals surface area contributed by atoms with Crippen LogP contribution in [0.4, 0.5) is 10.5 Å². The third-order valence-electron chi connectivity index (χ3n) is 2.98. The van der Waals surface area contributed by atoms with Crippen LogP contribution in [-0.2, 0) is 4.79 Å². The highest BCUT2D eigenvalue weighted by atomic mass is 35.5. The number of hydrogen-bond acceptors (Lipinski definition) is 3. The Morgan fingerprint density at radius 1 is 1.05 bits per heavy atom. The molecule has 1 saturated heterocycles. The molecule has 5 nitrogen and oxygen atoms in total. The van der Waals surface area contributed by atoms with E-state index in [2.05, 4.69) is 10.3 Å². The lowest BCUT2D eigenvalue weighted by atomic mass is 10.2. The summed E-state index contributed by atoms with van der Waals surface area (Å²) < 4.78 is 0.